The first-order chi connectivity index (χ1) is 9.83. The molecule has 0 atom stereocenters. The van der Waals surface area contributed by atoms with Crippen molar-refractivity contribution in [3.05, 3.63) is 53.0 Å². The van der Waals surface area contributed by atoms with Crippen molar-refractivity contribution < 1.29 is 21.6 Å². The predicted octanol–water partition coefficient (Wildman–Crippen LogP) is 1.80. The van der Waals surface area contributed by atoms with Crippen LogP contribution in [0.2, 0.25) is 0 Å². The molecule has 0 bridgehead atoms. The molecule has 0 saturated heterocycles. The smallest absolute Gasteiger partial charge is 0.244 e. The maximum absolute atomic E-state index is 13.1. The molecule has 2 rings (SSSR count). The van der Waals surface area contributed by atoms with Gasteiger partial charge >= 0.3 is 0 Å². The number of benzene rings is 1. The van der Waals surface area contributed by atoms with Gasteiger partial charge in [0.1, 0.15) is 16.4 Å². The third-order valence-corrected chi connectivity index (χ3v) is 4.37. The van der Waals surface area contributed by atoms with Crippen molar-refractivity contribution in [2.24, 2.45) is 5.73 Å². The molecule has 0 unspecified atom stereocenters. The normalized spacial score (nSPS) is 11.8. The Labute approximate surface area is 120 Å². The number of rotatable bonds is 5. The summed E-state index contributed by atoms with van der Waals surface area (Å²) in [5.74, 6) is -1.45. The van der Waals surface area contributed by atoms with Gasteiger partial charge in [-0.3, -0.25) is 0 Å². The number of aryl methyl sites for hydroxylation is 1. The fourth-order valence-corrected chi connectivity index (χ4v) is 3.02. The molecule has 5 nitrogen and oxygen atoms in total. The summed E-state index contributed by atoms with van der Waals surface area (Å²) in [4.78, 5) is -0.0227. The Morgan fingerprint density at radius 3 is 2.52 bits per heavy atom. The van der Waals surface area contributed by atoms with Crippen molar-refractivity contribution in [2.45, 2.75) is 24.9 Å². The lowest BCUT2D eigenvalue weighted by atomic mass is 10.2. The van der Waals surface area contributed by atoms with E-state index in [1.54, 1.807) is 0 Å². The number of furan rings is 1. The van der Waals surface area contributed by atoms with E-state index in [4.69, 9.17) is 10.2 Å². The van der Waals surface area contributed by atoms with E-state index in [-0.39, 0.29) is 23.7 Å². The maximum atomic E-state index is 13.1. The molecule has 8 heteroatoms. The number of halogens is 2. The van der Waals surface area contributed by atoms with E-state index in [1.165, 1.54) is 19.1 Å². The molecule has 1 aromatic heterocycles. The molecule has 0 aliphatic rings. The average Bonchev–Trinajstić information content (AvgIpc) is 2.82. The van der Waals surface area contributed by atoms with Crippen LogP contribution in [0.15, 0.2) is 33.6 Å². The Morgan fingerprint density at radius 2 is 1.95 bits per heavy atom. The zero-order valence-electron chi connectivity index (χ0n) is 11.2. The van der Waals surface area contributed by atoms with Gasteiger partial charge in [-0.25, -0.2) is 21.9 Å². The van der Waals surface area contributed by atoms with Gasteiger partial charge in [0.25, 0.3) is 0 Å². The molecule has 1 aromatic carbocycles. The molecule has 0 aliphatic carbocycles. The summed E-state index contributed by atoms with van der Waals surface area (Å²) in [7, 11) is -3.82. The Hall–Kier alpha value is -1.77. The van der Waals surface area contributed by atoms with Crippen LogP contribution in [0.5, 0.6) is 0 Å². The lowest BCUT2D eigenvalue weighted by molar-refractivity contribution is 0.478. The van der Waals surface area contributed by atoms with Gasteiger partial charge in [-0.05, 0) is 24.6 Å². The molecule has 0 fully saturated rings. The van der Waals surface area contributed by atoms with Crippen molar-refractivity contribution in [1.29, 1.82) is 0 Å². The van der Waals surface area contributed by atoms with Crippen molar-refractivity contribution in [3.63, 3.8) is 0 Å². The van der Waals surface area contributed by atoms with Crippen LogP contribution >= 0.6 is 0 Å². The van der Waals surface area contributed by atoms with Crippen LogP contribution in [-0.4, -0.2) is 8.42 Å². The van der Waals surface area contributed by atoms with Gasteiger partial charge in [-0.15, -0.1) is 0 Å². The zero-order chi connectivity index (χ0) is 15.6. The molecule has 0 radical (unpaired) electrons. The minimum absolute atomic E-state index is 0.0227. The molecule has 0 spiro atoms. The third-order valence-electron chi connectivity index (χ3n) is 2.86. The van der Waals surface area contributed by atoms with Gasteiger partial charge in [-0.2, -0.15) is 0 Å². The largest absolute Gasteiger partial charge is 0.464 e. The monoisotopic (exact) mass is 316 g/mol. The summed E-state index contributed by atoms with van der Waals surface area (Å²) >= 11 is 0. The minimum Gasteiger partial charge on any atom is -0.464 e. The highest BCUT2D eigenvalue weighted by atomic mass is 32.2. The zero-order valence-corrected chi connectivity index (χ0v) is 12.0. The van der Waals surface area contributed by atoms with Crippen LogP contribution < -0.4 is 10.5 Å². The lowest BCUT2D eigenvalue weighted by Crippen LogP contribution is -2.23. The predicted molar refractivity (Wildman–Crippen MR) is 71.7 cm³/mol. The Kier molecular flexibility index (Phi) is 4.40. The van der Waals surface area contributed by atoms with Crippen molar-refractivity contribution >= 4 is 10.0 Å². The highest BCUT2D eigenvalue weighted by molar-refractivity contribution is 7.89. The van der Waals surface area contributed by atoms with E-state index in [1.807, 2.05) is 0 Å². The SMILES string of the molecule is Cc1oc(CN)cc1S(=O)(=O)NCc1ccc(F)c(F)c1. The molecule has 0 aliphatic heterocycles. The topological polar surface area (TPSA) is 85.3 Å². The quantitative estimate of drug-likeness (QED) is 0.881. The van der Waals surface area contributed by atoms with Gasteiger partial charge in [0.2, 0.25) is 10.0 Å². The van der Waals surface area contributed by atoms with Gasteiger partial charge in [0, 0.05) is 12.6 Å². The van der Waals surface area contributed by atoms with Crippen LogP contribution in [0.4, 0.5) is 8.78 Å². The standard InChI is InChI=1S/C13H14F2N2O3S/c1-8-13(5-10(6-16)20-8)21(18,19)17-7-9-2-3-11(14)12(15)4-9/h2-5,17H,6-7,16H2,1H3. The molecule has 1 heterocycles. The van der Waals surface area contributed by atoms with Gasteiger partial charge in [0.15, 0.2) is 11.6 Å². The van der Waals surface area contributed by atoms with E-state index in [0.29, 0.717) is 11.3 Å². The summed E-state index contributed by atoms with van der Waals surface area (Å²) in [6, 6.07) is 4.51. The molecule has 2 aromatic rings. The van der Waals surface area contributed by atoms with E-state index < -0.39 is 21.7 Å². The number of hydrogen-bond donors (Lipinski definition) is 2. The van der Waals surface area contributed by atoms with E-state index >= 15 is 0 Å². The molecule has 3 N–H and O–H groups in total. The second-order valence-electron chi connectivity index (χ2n) is 4.41. The first kappa shape index (κ1) is 15.6. The van der Waals surface area contributed by atoms with Crippen LogP contribution in [0.1, 0.15) is 17.1 Å². The fraction of sp³-hybridized carbons (Fsp3) is 0.231. The molecular weight excluding hydrogens is 302 g/mol. The number of nitrogens with one attached hydrogen (secondary N) is 1. The Morgan fingerprint density at radius 1 is 1.24 bits per heavy atom. The highest BCUT2D eigenvalue weighted by Gasteiger charge is 2.21. The van der Waals surface area contributed by atoms with Crippen LogP contribution in [0.3, 0.4) is 0 Å². The fourth-order valence-electron chi connectivity index (χ4n) is 1.80. The van der Waals surface area contributed by atoms with Gasteiger partial charge in [0.05, 0.1) is 6.54 Å². The minimum atomic E-state index is -3.82. The molecule has 0 saturated carbocycles. The van der Waals surface area contributed by atoms with Crippen molar-refractivity contribution in [3.8, 4) is 0 Å². The Balaban J connectivity index is 2.17. The summed E-state index contributed by atoms with van der Waals surface area (Å²) in [5.41, 5.74) is 5.69. The van der Waals surface area contributed by atoms with E-state index in [0.717, 1.165) is 12.1 Å². The molecular formula is C13H14F2N2O3S. The number of sulfonamides is 1. The van der Waals surface area contributed by atoms with Crippen molar-refractivity contribution in [2.75, 3.05) is 0 Å². The van der Waals surface area contributed by atoms with Crippen molar-refractivity contribution in [1.82, 2.24) is 4.72 Å². The second kappa shape index (κ2) is 5.92. The van der Waals surface area contributed by atoms with Gasteiger partial charge in [-0.1, -0.05) is 6.07 Å². The first-order valence-corrected chi connectivity index (χ1v) is 7.55. The summed E-state index contributed by atoms with van der Waals surface area (Å²) < 4.78 is 57.6. The lowest BCUT2D eigenvalue weighted by Gasteiger charge is -2.06. The van der Waals surface area contributed by atoms with Gasteiger partial charge < -0.3 is 10.2 Å². The van der Waals surface area contributed by atoms with Crippen LogP contribution in [-0.2, 0) is 23.1 Å². The number of nitrogens with two attached hydrogens (primary N) is 1. The maximum Gasteiger partial charge on any atom is 0.244 e. The second-order valence-corrected chi connectivity index (χ2v) is 6.15. The Bertz CT molecular complexity index is 757. The molecule has 114 valence electrons. The molecule has 0 amide bonds. The third kappa shape index (κ3) is 3.46. The summed E-state index contributed by atoms with van der Waals surface area (Å²) in [6.45, 7) is 1.42. The summed E-state index contributed by atoms with van der Waals surface area (Å²) in [6.07, 6.45) is 0. The molecule has 21 heavy (non-hydrogen) atoms. The van der Waals surface area contributed by atoms with Crippen LogP contribution in [0, 0.1) is 18.6 Å². The van der Waals surface area contributed by atoms with Crippen LogP contribution in [0.25, 0.3) is 0 Å². The van der Waals surface area contributed by atoms with E-state index in [9.17, 15) is 17.2 Å². The van der Waals surface area contributed by atoms with E-state index in [2.05, 4.69) is 4.72 Å². The number of hydrogen-bond acceptors (Lipinski definition) is 4. The first-order valence-electron chi connectivity index (χ1n) is 6.06. The summed E-state index contributed by atoms with van der Waals surface area (Å²) in [5, 5.41) is 0. The highest BCUT2D eigenvalue weighted by Crippen LogP contribution is 2.20. The average molecular weight is 316 g/mol.